The molecule has 1 aromatic rings. The molecule has 142 valence electrons. The molecule has 3 rings (SSSR count). The van der Waals surface area contributed by atoms with Gasteiger partial charge >= 0.3 is 0 Å². The van der Waals surface area contributed by atoms with Crippen molar-refractivity contribution in [2.24, 2.45) is 11.7 Å². The molecule has 0 unspecified atom stereocenters. The van der Waals surface area contributed by atoms with Crippen molar-refractivity contribution in [3.63, 3.8) is 0 Å². The van der Waals surface area contributed by atoms with Crippen LogP contribution in [0.1, 0.15) is 24.0 Å². The van der Waals surface area contributed by atoms with E-state index in [4.69, 9.17) is 15.2 Å². The van der Waals surface area contributed by atoms with Gasteiger partial charge in [-0.25, -0.2) is 0 Å². The smallest absolute Gasteiger partial charge is 0.237 e. The average molecular weight is 361 g/mol. The third-order valence-electron chi connectivity index (χ3n) is 5.34. The summed E-state index contributed by atoms with van der Waals surface area (Å²) in [5, 5.41) is 0. The van der Waals surface area contributed by atoms with E-state index in [-0.39, 0.29) is 17.7 Å². The van der Waals surface area contributed by atoms with Crippen LogP contribution in [0.5, 0.6) is 11.5 Å². The van der Waals surface area contributed by atoms with Gasteiger partial charge in [-0.3, -0.25) is 14.5 Å². The molecule has 1 saturated heterocycles. The number of hydrogen-bond donors (Lipinski definition) is 1. The fourth-order valence-electron chi connectivity index (χ4n) is 3.82. The second-order valence-electron chi connectivity index (χ2n) is 7.02. The summed E-state index contributed by atoms with van der Waals surface area (Å²) in [6, 6.07) is 3.95. The van der Waals surface area contributed by atoms with Gasteiger partial charge in [-0.15, -0.1) is 0 Å². The first-order chi connectivity index (χ1) is 12.5. The highest BCUT2D eigenvalue weighted by molar-refractivity contribution is 5.79. The van der Waals surface area contributed by atoms with Crippen LogP contribution in [0.2, 0.25) is 0 Å². The summed E-state index contributed by atoms with van der Waals surface area (Å²) >= 11 is 0. The van der Waals surface area contributed by atoms with Crippen LogP contribution < -0.4 is 15.2 Å². The molecule has 2 aliphatic heterocycles. The number of benzene rings is 1. The molecular weight excluding hydrogens is 334 g/mol. The Morgan fingerprint density at radius 1 is 1.15 bits per heavy atom. The highest BCUT2D eigenvalue weighted by Gasteiger charge is 2.28. The highest BCUT2D eigenvalue weighted by atomic mass is 16.5. The second-order valence-corrected chi connectivity index (χ2v) is 7.02. The molecule has 0 aromatic heterocycles. The number of primary amides is 1. The fraction of sp³-hybridized carbons (Fsp3) is 0.579. The number of hydrogen-bond acceptors (Lipinski definition) is 5. The number of carbonyl (C=O) groups is 2. The Morgan fingerprint density at radius 3 is 2.50 bits per heavy atom. The van der Waals surface area contributed by atoms with Crippen LogP contribution in [0, 0.1) is 5.92 Å². The monoisotopic (exact) mass is 361 g/mol. The minimum absolute atomic E-state index is 0.0931. The number of piperidine rings is 1. The molecule has 0 saturated carbocycles. The molecule has 2 heterocycles. The van der Waals surface area contributed by atoms with Gasteiger partial charge in [0.25, 0.3) is 0 Å². The van der Waals surface area contributed by atoms with Crippen molar-refractivity contribution in [2.45, 2.75) is 25.8 Å². The number of methoxy groups -OCH3 is 2. The summed E-state index contributed by atoms with van der Waals surface area (Å²) in [5.74, 6) is 1.08. The van der Waals surface area contributed by atoms with Gasteiger partial charge in [0.05, 0.1) is 26.7 Å². The van der Waals surface area contributed by atoms with Crippen molar-refractivity contribution < 1.29 is 19.1 Å². The van der Waals surface area contributed by atoms with Crippen molar-refractivity contribution in [2.75, 3.05) is 40.4 Å². The number of nitrogens with two attached hydrogens (primary N) is 1. The second kappa shape index (κ2) is 7.95. The molecule has 7 heteroatoms. The maximum Gasteiger partial charge on any atom is 0.237 e. The number of fused-ring (bicyclic) bond motifs is 1. The first-order valence-electron chi connectivity index (χ1n) is 9.05. The summed E-state index contributed by atoms with van der Waals surface area (Å²) < 4.78 is 10.7. The van der Waals surface area contributed by atoms with E-state index >= 15 is 0 Å². The van der Waals surface area contributed by atoms with Gasteiger partial charge in [-0.2, -0.15) is 0 Å². The molecule has 26 heavy (non-hydrogen) atoms. The summed E-state index contributed by atoms with van der Waals surface area (Å²) in [7, 11) is 3.24. The zero-order valence-corrected chi connectivity index (χ0v) is 15.5. The average Bonchev–Trinajstić information content (AvgIpc) is 2.66. The van der Waals surface area contributed by atoms with Crippen LogP contribution >= 0.6 is 0 Å². The Bertz CT molecular complexity index is 692. The Balaban J connectivity index is 1.64. The van der Waals surface area contributed by atoms with Gasteiger partial charge in [0.2, 0.25) is 11.8 Å². The van der Waals surface area contributed by atoms with Gasteiger partial charge in [0, 0.05) is 19.6 Å². The largest absolute Gasteiger partial charge is 0.493 e. The number of amides is 2. The van der Waals surface area contributed by atoms with Crippen molar-refractivity contribution in [3.8, 4) is 11.5 Å². The van der Waals surface area contributed by atoms with Crippen molar-refractivity contribution >= 4 is 11.8 Å². The highest BCUT2D eigenvalue weighted by Crippen LogP contribution is 2.33. The lowest BCUT2D eigenvalue weighted by molar-refractivity contribution is -0.135. The molecule has 1 aromatic carbocycles. The van der Waals surface area contributed by atoms with E-state index in [0.29, 0.717) is 31.9 Å². The topological polar surface area (TPSA) is 85.1 Å². The predicted molar refractivity (Wildman–Crippen MR) is 97.0 cm³/mol. The van der Waals surface area contributed by atoms with Crippen LogP contribution in [0.15, 0.2) is 12.1 Å². The summed E-state index contributed by atoms with van der Waals surface area (Å²) in [5.41, 5.74) is 7.71. The summed E-state index contributed by atoms with van der Waals surface area (Å²) in [6.45, 7) is 3.02. The zero-order valence-electron chi connectivity index (χ0n) is 15.5. The van der Waals surface area contributed by atoms with Crippen LogP contribution in [0.3, 0.4) is 0 Å². The Kier molecular flexibility index (Phi) is 5.66. The number of rotatable bonds is 5. The van der Waals surface area contributed by atoms with Crippen LogP contribution in [0.4, 0.5) is 0 Å². The minimum Gasteiger partial charge on any atom is -0.493 e. The lowest BCUT2D eigenvalue weighted by atomic mass is 9.97. The van der Waals surface area contributed by atoms with Gasteiger partial charge < -0.3 is 20.1 Å². The van der Waals surface area contributed by atoms with Gasteiger partial charge in [-0.1, -0.05) is 0 Å². The van der Waals surface area contributed by atoms with Gasteiger partial charge in [-0.05, 0) is 49.1 Å². The first kappa shape index (κ1) is 18.5. The van der Waals surface area contributed by atoms with Gasteiger partial charge in [0.15, 0.2) is 11.5 Å². The Hall–Kier alpha value is -2.28. The fourth-order valence-corrected chi connectivity index (χ4v) is 3.82. The third-order valence-corrected chi connectivity index (χ3v) is 5.34. The van der Waals surface area contributed by atoms with E-state index in [0.717, 1.165) is 37.1 Å². The SMILES string of the molecule is COc1cc2c(cc1OC)CN(C(=O)CN1CCC[C@H](C(N)=O)C1)CC2. The molecule has 1 fully saturated rings. The normalized spacial score (nSPS) is 20.4. The first-order valence-corrected chi connectivity index (χ1v) is 9.05. The standard InChI is InChI=1S/C19H27N3O4/c1-25-16-8-13-5-7-22(11-15(13)9-17(16)26-2)18(23)12-21-6-3-4-14(10-21)19(20)24/h8-9,14H,3-7,10-12H2,1-2H3,(H2,20,24)/t14-/m0/s1. The molecule has 0 bridgehead atoms. The molecule has 1 atom stereocenters. The van der Waals surface area contributed by atoms with E-state index in [1.54, 1.807) is 14.2 Å². The maximum atomic E-state index is 12.7. The molecule has 0 spiro atoms. The molecular formula is C19H27N3O4. The van der Waals surface area contributed by atoms with E-state index < -0.39 is 0 Å². The molecule has 0 aliphatic carbocycles. The molecule has 2 N–H and O–H groups in total. The van der Waals surface area contributed by atoms with Crippen molar-refractivity contribution in [1.29, 1.82) is 0 Å². The maximum absolute atomic E-state index is 12.7. The Labute approximate surface area is 154 Å². The summed E-state index contributed by atoms with van der Waals surface area (Å²) in [4.78, 5) is 28.1. The van der Waals surface area contributed by atoms with E-state index in [1.807, 2.05) is 21.9 Å². The van der Waals surface area contributed by atoms with Crippen molar-refractivity contribution in [1.82, 2.24) is 9.80 Å². The van der Waals surface area contributed by atoms with Gasteiger partial charge in [0.1, 0.15) is 0 Å². The third kappa shape index (κ3) is 3.93. The number of carbonyl (C=O) groups excluding carboxylic acids is 2. The predicted octanol–water partition coefficient (Wildman–Crippen LogP) is 0.786. The summed E-state index contributed by atoms with van der Waals surface area (Å²) in [6.07, 6.45) is 2.52. The quantitative estimate of drug-likeness (QED) is 0.838. The Morgan fingerprint density at radius 2 is 1.85 bits per heavy atom. The van der Waals surface area contributed by atoms with Crippen molar-refractivity contribution in [3.05, 3.63) is 23.3 Å². The van der Waals surface area contributed by atoms with Crippen LogP contribution in [-0.4, -0.2) is 62.0 Å². The number of nitrogens with zero attached hydrogens (tertiary/aromatic N) is 2. The zero-order chi connectivity index (χ0) is 18.7. The van der Waals surface area contributed by atoms with Crippen LogP contribution in [-0.2, 0) is 22.6 Å². The number of ether oxygens (including phenoxy) is 2. The van der Waals surface area contributed by atoms with Crippen LogP contribution in [0.25, 0.3) is 0 Å². The molecule has 7 nitrogen and oxygen atoms in total. The molecule has 2 aliphatic rings. The minimum atomic E-state index is -0.268. The molecule has 2 amide bonds. The van der Waals surface area contributed by atoms with E-state index in [2.05, 4.69) is 0 Å². The lowest BCUT2D eigenvalue weighted by Crippen LogP contribution is -2.47. The van der Waals surface area contributed by atoms with E-state index in [1.165, 1.54) is 5.56 Å². The van der Waals surface area contributed by atoms with E-state index in [9.17, 15) is 9.59 Å². The molecule has 0 radical (unpaired) electrons. The lowest BCUT2D eigenvalue weighted by Gasteiger charge is -2.34. The number of likely N-dealkylation sites (tertiary alicyclic amines) is 1.